The van der Waals surface area contributed by atoms with Gasteiger partial charge in [0.05, 0.1) is 0 Å². The first-order valence-electron chi connectivity index (χ1n) is 1.73. The molecule has 1 heterocycles. The van der Waals surface area contributed by atoms with Gasteiger partial charge in [0, 0.05) is 0 Å². The monoisotopic (exact) mass is 290 g/mol. The van der Waals surface area contributed by atoms with Crippen LogP contribution < -0.4 is 15.4 Å². The van der Waals surface area contributed by atoms with E-state index in [1.54, 1.807) is 22.6 Å². The molecule has 3 N–H and O–H groups in total. The van der Waals surface area contributed by atoms with Gasteiger partial charge in [-0.3, -0.25) is 0 Å². The van der Waals surface area contributed by atoms with E-state index in [2.05, 4.69) is 15.4 Å². The Kier molecular flexibility index (Phi) is 5.80. The van der Waals surface area contributed by atoms with Crippen LogP contribution in [0.15, 0.2) is 0 Å². The van der Waals surface area contributed by atoms with Gasteiger partial charge in [0.25, 0.3) is 22.6 Å². The third-order valence-electron chi connectivity index (χ3n) is 0.500. The zero-order chi connectivity index (χ0) is 4.24. The standard InChI is InChI=1S/B3H3N3.Bi.3H/c1-4-2-6-3-5-1;;;;/h4-6H;;;;. The minimum absolute atomic E-state index is 0. The number of rotatable bonds is 0. The number of hydrogen-bond donors (Lipinski definition) is 3. The van der Waals surface area contributed by atoms with E-state index in [9.17, 15) is 0 Å². The SMILES string of the molecule is [B]1N[B]N[B]N1.[BiH3]. The van der Waals surface area contributed by atoms with Crippen molar-refractivity contribution in [3.05, 3.63) is 0 Å². The molecule has 0 aromatic heterocycles. The summed E-state index contributed by atoms with van der Waals surface area (Å²) in [6.07, 6.45) is 0. The third-order valence-corrected chi connectivity index (χ3v) is 0.500. The Labute approximate surface area is 64.4 Å². The second-order valence-corrected chi connectivity index (χ2v) is 0.933. The Balaban J connectivity index is 0.000000360. The van der Waals surface area contributed by atoms with E-state index in [1.165, 1.54) is 0 Å². The molecule has 35 valence electrons. The zero-order valence-corrected chi connectivity index (χ0v) is 9.44. The van der Waals surface area contributed by atoms with Crippen LogP contribution in [0.2, 0.25) is 0 Å². The van der Waals surface area contributed by atoms with Gasteiger partial charge in [-0.15, -0.1) is 0 Å². The van der Waals surface area contributed by atoms with Crippen LogP contribution in [-0.4, -0.2) is 48.9 Å². The Morgan fingerprint density at radius 2 is 1.00 bits per heavy atom. The fourth-order valence-electron chi connectivity index (χ4n) is 0.269. The van der Waals surface area contributed by atoms with Gasteiger partial charge < -0.3 is 15.4 Å². The predicted octanol–water partition coefficient (Wildman–Crippen LogP) is -3.81. The summed E-state index contributed by atoms with van der Waals surface area (Å²) in [5.74, 6) is 0. The molecule has 0 unspecified atom stereocenters. The molecule has 0 amide bonds. The van der Waals surface area contributed by atoms with Crippen molar-refractivity contribution < 1.29 is 0 Å². The van der Waals surface area contributed by atoms with Crippen LogP contribution in [0, 0.1) is 0 Å². The quantitative estimate of drug-likeness (QED) is 0.400. The Morgan fingerprint density at radius 3 is 1.14 bits per heavy atom. The molecule has 3 radical (unpaired) electrons. The molecule has 0 atom stereocenters. The Hall–Kier alpha value is 0.958. The van der Waals surface area contributed by atoms with Crippen molar-refractivity contribution in [1.29, 1.82) is 0 Å². The summed E-state index contributed by atoms with van der Waals surface area (Å²) in [6.45, 7) is 0. The summed E-state index contributed by atoms with van der Waals surface area (Å²) in [5.41, 5.74) is 0. The molecule has 0 aromatic carbocycles. The van der Waals surface area contributed by atoms with Crippen LogP contribution in [0.1, 0.15) is 0 Å². The van der Waals surface area contributed by atoms with Gasteiger partial charge in [-0.05, 0) is 0 Å². The topological polar surface area (TPSA) is 36.1 Å². The molecule has 0 saturated carbocycles. The molecule has 1 aliphatic heterocycles. The van der Waals surface area contributed by atoms with Crippen LogP contribution >= 0.6 is 0 Å². The zero-order valence-electron chi connectivity index (χ0n) is 3.94. The molecule has 0 aliphatic carbocycles. The molecule has 1 saturated heterocycles. The van der Waals surface area contributed by atoms with E-state index >= 15 is 0 Å². The second-order valence-electron chi connectivity index (χ2n) is 0.933. The molecule has 1 fully saturated rings. The van der Waals surface area contributed by atoms with E-state index in [0.29, 0.717) is 0 Å². The van der Waals surface area contributed by atoms with E-state index in [-0.39, 0.29) is 26.2 Å². The van der Waals surface area contributed by atoms with Crippen molar-refractivity contribution in [3.8, 4) is 0 Å². The first-order chi connectivity index (χ1) is 3.00. The van der Waals surface area contributed by atoms with Gasteiger partial charge in [0.15, 0.2) is 0 Å². The molecule has 1 aliphatic rings. The van der Waals surface area contributed by atoms with Gasteiger partial charge in [-0.1, -0.05) is 0 Å². The molecule has 3 nitrogen and oxygen atoms in total. The summed E-state index contributed by atoms with van der Waals surface area (Å²) >= 11 is 0. The van der Waals surface area contributed by atoms with Gasteiger partial charge in [0.1, 0.15) is 0 Å². The molecule has 1 rings (SSSR count). The van der Waals surface area contributed by atoms with Crippen molar-refractivity contribution in [2.24, 2.45) is 0 Å². The summed E-state index contributed by atoms with van der Waals surface area (Å²) in [7, 11) is 5.16. The number of nitrogens with one attached hydrogen (secondary N) is 3. The molecular weight excluding hydrogens is 283 g/mol. The Morgan fingerprint density at radius 1 is 0.714 bits per heavy atom. The Bertz CT molecular complexity index is 25.7. The van der Waals surface area contributed by atoms with Crippen molar-refractivity contribution in [1.82, 2.24) is 15.4 Å². The van der Waals surface area contributed by atoms with Gasteiger partial charge in [-0.25, -0.2) is 0 Å². The van der Waals surface area contributed by atoms with E-state index in [1.807, 2.05) is 0 Å². The maximum absolute atomic E-state index is 2.78. The summed E-state index contributed by atoms with van der Waals surface area (Å²) in [4.78, 5) is 0. The maximum atomic E-state index is 2.78. The fraction of sp³-hybridized carbons (Fsp3) is 0. The normalized spacial score (nSPS) is 17.1. The van der Waals surface area contributed by atoms with Gasteiger partial charge in [-0.2, -0.15) is 0 Å². The van der Waals surface area contributed by atoms with Gasteiger partial charge in [0.2, 0.25) is 0 Å². The minimum atomic E-state index is 0. The third kappa shape index (κ3) is 3.53. The number of hydrogen-bond acceptors (Lipinski definition) is 3. The molecule has 7 heteroatoms. The molecule has 0 bridgehead atoms. The van der Waals surface area contributed by atoms with E-state index < -0.39 is 0 Å². The summed E-state index contributed by atoms with van der Waals surface area (Å²) in [6, 6.07) is 0. The van der Waals surface area contributed by atoms with Crippen LogP contribution in [0.25, 0.3) is 0 Å². The first kappa shape index (κ1) is 7.96. The van der Waals surface area contributed by atoms with E-state index in [4.69, 9.17) is 0 Å². The van der Waals surface area contributed by atoms with Crippen LogP contribution in [0.5, 0.6) is 0 Å². The summed E-state index contributed by atoms with van der Waals surface area (Å²) in [5, 5.41) is 8.34. The van der Waals surface area contributed by atoms with Crippen molar-refractivity contribution in [2.75, 3.05) is 0 Å². The second kappa shape index (κ2) is 5.10. The van der Waals surface area contributed by atoms with Crippen LogP contribution in [0.3, 0.4) is 0 Å². The van der Waals surface area contributed by atoms with Crippen LogP contribution in [0.4, 0.5) is 0 Å². The summed E-state index contributed by atoms with van der Waals surface area (Å²) < 4.78 is 0. The molecule has 0 spiro atoms. The molecular formula is H6B3BiN3. The van der Waals surface area contributed by atoms with Gasteiger partial charge >= 0.3 is 26.2 Å². The predicted molar refractivity (Wildman–Crippen MR) is 36.6 cm³/mol. The fourth-order valence-corrected chi connectivity index (χ4v) is 0.269. The van der Waals surface area contributed by atoms with E-state index in [0.717, 1.165) is 0 Å². The first-order valence-corrected chi connectivity index (χ1v) is 1.73. The molecule has 7 heavy (non-hydrogen) atoms. The average Bonchev–Trinajstić information content (AvgIpc) is 1.72. The van der Waals surface area contributed by atoms with Crippen molar-refractivity contribution in [3.63, 3.8) is 0 Å². The van der Waals surface area contributed by atoms with Crippen molar-refractivity contribution in [2.45, 2.75) is 0 Å². The van der Waals surface area contributed by atoms with Crippen molar-refractivity contribution >= 4 is 48.9 Å². The molecule has 0 aromatic rings. The van der Waals surface area contributed by atoms with Crippen LogP contribution in [-0.2, 0) is 0 Å². The average molecular weight is 289 g/mol.